The number of nitrogens with zero attached hydrogens (tertiary/aromatic N) is 1. The molecule has 3 saturated carbocycles. The smallest absolute Gasteiger partial charge is 0.0672 e. The predicted octanol–water partition coefficient (Wildman–Crippen LogP) is 3.48. The lowest BCUT2D eigenvalue weighted by atomic mass is 9.93. The first-order valence-corrected chi connectivity index (χ1v) is 8.01. The minimum atomic E-state index is 0.270. The molecule has 0 bridgehead atoms. The maximum atomic E-state index is 9.30. The van der Waals surface area contributed by atoms with Crippen LogP contribution >= 0.6 is 0 Å². The van der Waals surface area contributed by atoms with Crippen LogP contribution in [0.2, 0.25) is 0 Å². The van der Waals surface area contributed by atoms with E-state index in [9.17, 15) is 5.26 Å². The highest BCUT2D eigenvalue weighted by Crippen LogP contribution is 2.48. The molecule has 3 rings (SSSR count). The largest absolute Gasteiger partial charge is 0.312 e. The van der Waals surface area contributed by atoms with Crippen molar-refractivity contribution < 1.29 is 0 Å². The van der Waals surface area contributed by atoms with Crippen LogP contribution in [-0.2, 0) is 0 Å². The van der Waals surface area contributed by atoms with Crippen LogP contribution in [-0.4, -0.2) is 12.6 Å². The van der Waals surface area contributed by atoms with Gasteiger partial charge in [0, 0.05) is 6.04 Å². The molecule has 0 aromatic heterocycles. The Morgan fingerprint density at radius 2 is 1.61 bits per heavy atom. The SMILES string of the molecule is N#CC1CCCCCC1NCC(C1CC1)C1CC1. The molecule has 2 unspecified atom stereocenters. The normalized spacial score (nSPS) is 33.1. The van der Waals surface area contributed by atoms with E-state index < -0.39 is 0 Å². The summed E-state index contributed by atoms with van der Waals surface area (Å²) < 4.78 is 0. The van der Waals surface area contributed by atoms with E-state index in [1.165, 1.54) is 57.9 Å². The zero-order valence-corrected chi connectivity index (χ0v) is 11.4. The molecule has 3 aliphatic rings. The molecular formula is C16H26N2. The van der Waals surface area contributed by atoms with Gasteiger partial charge in [-0.2, -0.15) is 5.26 Å². The van der Waals surface area contributed by atoms with E-state index in [4.69, 9.17) is 0 Å². The van der Waals surface area contributed by atoms with Crippen molar-refractivity contribution in [3.8, 4) is 6.07 Å². The maximum absolute atomic E-state index is 9.30. The summed E-state index contributed by atoms with van der Waals surface area (Å²) in [5.74, 6) is 3.26. The van der Waals surface area contributed by atoms with Crippen molar-refractivity contribution in [3.05, 3.63) is 0 Å². The minimum absolute atomic E-state index is 0.270. The van der Waals surface area contributed by atoms with Crippen LogP contribution in [0, 0.1) is 35.0 Å². The van der Waals surface area contributed by atoms with Crippen LogP contribution in [0.3, 0.4) is 0 Å². The Labute approximate surface area is 111 Å². The van der Waals surface area contributed by atoms with Crippen molar-refractivity contribution in [2.75, 3.05) is 6.54 Å². The highest BCUT2D eigenvalue weighted by Gasteiger charge is 2.41. The predicted molar refractivity (Wildman–Crippen MR) is 72.9 cm³/mol. The average molecular weight is 246 g/mol. The Bertz CT molecular complexity index is 300. The van der Waals surface area contributed by atoms with Gasteiger partial charge in [0.05, 0.1) is 12.0 Å². The third-order valence-electron chi connectivity index (χ3n) is 5.25. The van der Waals surface area contributed by atoms with Gasteiger partial charge in [-0.25, -0.2) is 0 Å². The molecule has 3 fully saturated rings. The van der Waals surface area contributed by atoms with E-state index >= 15 is 0 Å². The molecule has 2 atom stereocenters. The van der Waals surface area contributed by atoms with Gasteiger partial charge in [-0.1, -0.05) is 19.3 Å². The van der Waals surface area contributed by atoms with Gasteiger partial charge in [0.2, 0.25) is 0 Å². The molecule has 0 saturated heterocycles. The van der Waals surface area contributed by atoms with E-state index in [-0.39, 0.29) is 5.92 Å². The molecule has 100 valence electrons. The summed E-state index contributed by atoms with van der Waals surface area (Å²) in [4.78, 5) is 0. The summed E-state index contributed by atoms with van der Waals surface area (Å²) in [7, 11) is 0. The highest BCUT2D eigenvalue weighted by molar-refractivity contribution is 4.96. The topological polar surface area (TPSA) is 35.8 Å². The summed E-state index contributed by atoms with van der Waals surface area (Å²) in [6, 6.07) is 3.03. The van der Waals surface area contributed by atoms with Gasteiger partial charge < -0.3 is 5.32 Å². The van der Waals surface area contributed by atoms with Crippen molar-refractivity contribution in [1.29, 1.82) is 5.26 Å². The Balaban J connectivity index is 1.51. The number of rotatable bonds is 5. The van der Waals surface area contributed by atoms with Crippen molar-refractivity contribution >= 4 is 0 Å². The second kappa shape index (κ2) is 5.61. The Kier molecular flexibility index (Phi) is 3.89. The average Bonchev–Trinajstić information content (AvgIpc) is 3.25. The van der Waals surface area contributed by atoms with Gasteiger partial charge in [0.25, 0.3) is 0 Å². The number of nitriles is 1. The summed E-state index contributed by atoms with van der Waals surface area (Å²) in [5.41, 5.74) is 0. The third-order valence-corrected chi connectivity index (χ3v) is 5.25. The van der Waals surface area contributed by atoms with Gasteiger partial charge in [-0.15, -0.1) is 0 Å². The lowest BCUT2D eigenvalue weighted by Crippen LogP contribution is -2.39. The third kappa shape index (κ3) is 3.06. The first-order valence-electron chi connectivity index (χ1n) is 8.01. The molecule has 3 aliphatic carbocycles. The van der Waals surface area contributed by atoms with Crippen LogP contribution < -0.4 is 5.32 Å². The lowest BCUT2D eigenvalue weighted by molar-refractivity contribution is 0.319. The van der Waals surface area contributed by atoms with E-state index in [1.807, 2.05) is 0 Å². The van der Waals surface area contributed by atoms with Gasteiger partial charge in [0.15, 0.2) is 0 Å². The summed E-state index contributed by atoms with van der Waals surface area (Å²) in [5, 5.41) is 13.1. The molecule has 0 spiro atoms. The minimum Gasteiger partial charge on any atom is -0.312 e. The Morgan fingerprint density at radius 1 is 0.944 bits per heavy atom. The standard InChI is InChI=1S/C16H26N2/c17-10-14-4-2-1-3-5-16(14)18-11-15(12-6-7-12)13-8-9-13/h12-16,18H,1-9,11H2. The van der Waals surface area contributed by atoms with Crippen molar-refractivity contribution in [2.24, 2.45) is 23.7 Å². The maximum Gasteiger partial charge on any atom is 0.0672 e. The van der Waals surface area contributed by atoms with Crippen LogP contribution in [0.25, 0.3) is 0 Å². The van der Waals surface area contributed by atoms with Crippen molar-refractivity contribution in [3.63, 3.8) is 0 Å². The molecule has 1 N–H and O–H groups in total. The molecule has 0 aromatic carbocycles. The molecule has 0 aromatic rings. The highest BCUT2D eigenvalue weighted by atomic mass is 14.9. The van der Waals surface area contributed by atoms with Crippen molar-refractivity contribution in [1.82, 2.24) is 5.32 Å². The second-order valence-corrected chi connectivity index (χ2v) is 6.73. The molecule has 0 heterocycles. The molecule has 0 aliphatic heterocycles. The summed E-state index contributed by atoms with van der Waals surface area (Å²) in [6.45, 7) is 1.19. The zero-order chi connectivity index (χ0) is 12.4. The lowest BCUT2D eigenvalue weighted by Gasteiger charge is -2.24. The zero-order valence-electron chi connectivity index (χ0n) is 11.4. The molecular weight excluding hydrogens is 220 g/mol. The quantitative estimate of drug-likeness (QED) is 0.754. The van der Waals surface area contributed by atoms with Gasteiger partial charge in [-0.3, -0.25) is 0 Å². The summed E-state index contributed by atoms with van der Waals surface area (Å²) >= 11 is 0. The fourth-order valence-electron chi connectivity index (χ4n) is 3.76. The number of nitrogens with one attached hydrogen (secondary N) is 1. The van der Waals surface area contributed by atoms with E-state index in [0.29, 0.717) is 6.04 Å². The van der Waals surface area contributed by atoms with Crippen LogP contribution in [0.15, 0.2) is 0 Å². The molecule has 0 radical (unpaired) electrons. The van der Waals surface area contributed by atoms with Gasteiger partial charge >= 0.3 is 0 Å². The first kappa shape index (κ1) is 12.5. The molecule has 2 heteroatoms. The van der Waals surface area contributed by atoms with Crippen LogP contribution in [0.4, 0.5) is 0 Å². The summed E-state index contributed by atoms with van der Waals surface area (Å²) in [6.07, 6.45) is 12.1. The van der Waals surface area contributed by atoms with Crippen LogP contribution in [0.1, 0.15) is 57.8 Å². The molecule has 2 nitrogen and oxygen atoms in total. The second-order valence-electron chi connectivity index (χ2n) is 6.73. The monoisotopic (exact) mass is 246 g/mol. The van der Waals surface area contributed by atoms with E-state index in [2.05, 4.69) is 11.4 Å². The van der Waals surface area contributed by atoms with Gasteiger partial charge in [-0.05, 0) is 62.8 Å². The Hall–Kier alpha value is -0.550. The van der Waals surface area contributed by atoms with Crippen LogP contribution in [0.5, 0.6) is 0 Å². The first-order chi connectivity index (χ1) is 8.88. The Morgan fingerprint density at radius 3 is 2.22 bits per heavy atom. The van der Waals surface area contributed by atoms with Crippen molar-refractivity contribution in [2.45, 2.75) is 63.8 Å². The fourth-order valence-corrected chi connectivity index (χ4v) is 3.76. The fraction of sp³-hybridized carbons (Fsp3) is 0.938. The van der Waals surface area contributed by atoms with E-state index in [1.54, 1.807) is 0 Å². The van der Waals surface area contributed by atoms with E-state index in [0.717, 1.165) is 24.2 Å². The number of hydrogen-bond donors (Lipinski definition) is 1. The molecule has 0 amide bonds. The molecule has 18 heavy (non-hydrogen) atoms. The number of hydrogen-bond acceptors (Lipinski definition) is 2. The van der Waals surface area contributed by atoms with Gasteiger partial charge in [0.1, 0.15) is 0 Å².